The number of rotatable bonds is 4. The summed E-state index contributed by atoms with van der Waals surface area (Å²) in [7, 11) is 0. The highest BCUT2D eigenvalue weighted by Gasteiger charge is 2.09. The largest absolute Gasteiger partial charge is 0.342 e. The summed E-state index contributed by atoms with van der Waals surface area (Å²) < 4.78 is 3.48. The first-order valence-corrected chi connectivity index (χ1v) is 8.36. The minimum atomic E-state index is 0.180. The maximum absolute atomic E-state index is 5.98. The molecule has 4 heteroatoms. The lowest BCUT2D eigenvalue weighted by atomic mass is 10.0. The molecule has 20 heavy (non-hydrogen) atoms. The number of fused-ring (bicyclic) bond motifs is 1. The van der Waals surface area contributed by atoms with Gasteiger partial charge in [-0.3, -0.25) is 0 Å². The third-order valence-corrected chi connectivity index (χ3v) is 5.04. The predicted molar refractivity (Wildman–Crippen MR) is 90.4 cm³/mol. The first-order chi connectivity index (χ1) is 9.63. The van der Waals surface area contributed by atoms with Crippen molar-refractivity contribution >= 4 is 38.2 Å². The normalized spacial score (nSPS) is 12.9. The van der Waals surface area contributed by atoms with Gasteiger partial charge in [-0.05, 0) is 52.4 Å². The molecule has 0 fully saturated rings. The zero-order valence-electron chi connectivity index (χ0n) is 11.3. The summed E-state index contributed by atoms with van der Waals surface area (Å²) in [4.78, 5) is 1.35. The first kappa shape index (κ1) is 13.9. The quantitative estimate of drug-likeness (QED) is 0.743. The van der Waals surface area contributed by atoms with Crippen molar-refractivity contribution in [3.05, 3.63) is 56.8 Å². The standard InChI is InChI=1S/C16H17BrN2S/c1-11(18)7-13-4-2-3-12-5-6-19(16(12)13)9-15-8-14(17)10-20-15/h2-6,8,10-11H,7,9,18H2,1H3. The van der Waals surface area contributed by atoms with Crippen molar-refractivity contribution in [3.63, 3.8) is 0 Å². The minimum absolute atomic E-state index is 0.180. The molecule has 3 aromatic rings. The van der Waals surface area contributed by atoms with Gasteiger partial charge in [0.1, 0.15) is 0 Å². The number of benzene rings is 1. The second-order valence-corrected chi connectivity index (χ2v) is 7.12. The van der Waals surface area contributed by atoms with E-state index < -0.39 is 0 Å². The van der Waals surface area contributed by atoms with Gasteiger partial charge in [0.15, 0.2) is 0 Å². The molecule has 1 aromatic carbocycles. The number of nitrogens with zero attached hydrogens (tertiary/aromatic N) is 1. The molecular formula is C16H17BrN2S. The number of para-hydroxylation sites is 1. The van der Waals surface area contributed by atoms with E-state index in [1.807, 2.05) is 0 Å². The topological polar surface area (TPSA) is 30.9 Å². The van der Waals surface area contributed by atoms with Crippen LogP contribution in [-0.2, 0) is 13.0 Å². The number of hydrogen-bond acceptors (Lipinski definition) is 2. The lowest BCUT2D eigenvalue weighted by Gasteiger charge is -2.11. The molecule has 0 aliphatic heterocycles. The van der Waals surface area contributed by atoms with Crippen LogP contribution in [-0.4, -0.2) is 10.6 Å². The summed E-state index contributed by atoms with van der Waals surface area (Å²) in [5.74, 6) is 0. The highest BCUT2D eigenvalue weighted by molar-refractivity contribution is 9.10. The first-order valence-electron chi connectivity index (χ1n) is 6.68. The summed E-state index contributed by atoms with van der Waals surface area (Å²) >= 11 is 5.30. The Morgan fingerprint density at radius 2 is 2.20 bits per heavy atom. The van der Waals surface area contributed by atoms with Crippen LogP contribution in [0.5, 0.6) is 0 Å². The smallest absolute Gasteiger partial charge is 0.0569 e. The van der Waals surface area contributed by atoms with E-state index in [4.69, 9.17) is 5.73 Å². The molecule has 0 bridgehead atoms. The van der Waals surface area contributed by atoms with E-state index >= 15 is 0 Å². The predicted octanol–water partition coefficient (Wildman–Crippen LogP) is 4.40. The van der Waals surface area contributed by atoms with Crippen molar-refractivity contribution in [1.82, 2.24) is 4.57 Å². The van der Waals surface area contributed by atoms with Gasteiger partial charge in [0.25, 0.3) is 0 Å². The van der Waals surface area contributed by atoms with E-state index in [-0.39, 0.29) is 6.04 Å². The van der Waals surface area contributed by atoms with Crippen LogP contribution < -0.4 is 5.73 Å². The van der Waals surface area contributed by atoms with Gasteiger partial charge in [0.2, 0.25) is 0 Å². The molecule has 0 radical (unpaired) electrons. The average molecular weight is 349 g/mol. The van der Waals surface area contributed by atoms with Crippen molar-refractivity contribution < 1.29 is 0 Å². The molecule has 2 heterocycles. The van der Waals surface area contributed by atoms with Crippen molar-refractivity contribution in [2.45, 2.75) is 25.9 Å². The maximum Gasteiger partial charge on any atom is 0.0569 e. The molecule has 0 aliphatic carbocycles. The highest BCUT2D eigenvalue weighted by Crippen LogP contribution is 2.25. The fourth-order valence-corrected chi connectivity index (χ4v) is 4.04. The minimum Gasteiger partial charge on any atom is -0.342 e. The Hall–Kier alpha value is -1.10. The Kier molecular flexibility index (Phi) is 3.96. The van der Waals surface area contributed by atoms with E-state index in [0.717, 1.165) is 17.4 Å². The molecule has 2 nitrogen and oxygen atoms in total. The monoisotopic (exact) mass is 348 g/mol. The lowest BCUT2D eigenvalue weighted by molar-refractivity contribution is 0.735. The highest BCUT2D eigenvalue weighted by atomic mass is 79.9. The van der Waals surface area contributed by atoms with Crippen LogP contribution in [0, 0.1) is 0 Å². The van der Waals surface area contributed by atoms with Gasteiger partial charge in [0, 0.05) is 27.0 Å². The van der Waals surface area contributed by atoms with E-state index in [1.165, 1.54) is 21.3 Å². The zero-order chi connectivity index (χ0) is 14.1. The molecule has 0 spiro atoms. The average Bonchev–Trinajstić information content (AvgIpc) is 2.97. The van der Waals surface area contributed by atoms with E-state index in [1.54, 1.807) is 11.3 Å². The van der Waals surface area contributed by atoms with Crippen molar-refractivity contribution in [1.29, 1.82) is 0 Å². The number of aromatic nitrogens is 1. The zero-order valence-corrected chi connectivity index (χ0v) is 13.7. The maximum atomic E-state index is 5.98. The second-order valence-electron chi connectivity index (χ2n) is 5.21. The number of nitrogens with two attached hydrogens (primary N) is 1. The molecule has 1 unspecified atom stereocenters. The van der Waals surface area contributed by atoms with Crippen LogP contribution in [0.25, 0.3) is 10.9 Å². The number of thiophene rings is 1. The van der Waals surface area contributed by atoms with Gasteiger partial charge in [0.05, 0.1) is 12.1 Å². The van der Waals surface area contributed by atoms with Crippen molar-refractivity contribution in [2.75, 3.05) is 0 Å². The third-order valence-electron chi connectivity index (χ3n) is 3.36. The molecular weight excluding hydrogens is 332 g/mol. The molecule has 0 saturated heterocycles. The lowest BCUT2D eigenvalue weighted by Crippen LogP contribution is -2.18. The Balaban J connectivity index is 2.02. The fourth-order valence-electron chi connectivity index (χ4n) is 2.59. The van der Waals surface area contributed by atoms with Gasteiger partial charge in [-0.15, -0.1) is 11.3 Å². The van der Waals surface area contributed by atoms with Crippen molar-refractivity contribution in [2.24, 2.45) is 5.73 Å². The molecule has 1 atom stereocenters. The summed E-state index contributed by atoms with van der Waals surface area (Å²) in [6, 6.07) is 11.0. The molecule has 104 valence electrons. The molecule has 3 rings (SSSR count). The Morgan fingerprint density at radius 3 is 2.90 bits per heavy atom. The molecule has 0 amide bonds. The van der Waals surface area contributed by atoms with Gasteiger partial charge in [-0.1, -0.05) is 18.2 Å². The Morgan fingerprint density at radius 1 is 1.35 bits per heavy atom. The number of hydrogen-bond donors (Lipinski definition) is 1. The van der Waals surface area contributed by atoms with Crippen LogP contribution in [0.1, 0.15) is 17.4 Å². The molecule has 2 aromatic heterocycles. The summed E-state index contributed by atoms with van der Waals surface area (Å²) in [5, 5.41) is 3.42. The third kappa shape index (κ3) is 2.82. The van der Waals surface area contributed by atoms with Gasteiger partial charge < -0.3 is 10.3 Å². The van der Waals surface area contributed by atoms with Crippen LogP contribution in [0.4, 0.5) is 0 Å². The SMILES string of the molecule is CC(N)Cc1cccc2ccn(Cc3cc(Br)cs3)c12. The van der Waals surface area contributed by atoms with Crippen molar-refractivity contribution in [3.8, 4) is 0 Å². The summed E-state index contributed by atoms with van der Waals surface area (Å²) in [5.41, 5.74) is 8.62. The van der Waals surface area contributed by atoms with Crippen LogP contribution in [0.2, 0.25) is 0 Å². The molecule has 2 N–H and O–H groups in total. The van der Waals surface area contributed by atoms with Crippen LogP contribution >= 0.6 is 27.3 Å². The van der Waals surface area contributed by atoms with E-state index in [0.29, 0.717) is 0 Å². The van der Waals surface area contributed by atoms with Gasteiger partial charge >= 0.3 is 0 Å². The summed E-state index contributed by atoms with van der Waals surface area (Å²) in [6.07, 6.45) is 3.08. The summed E-state index contributed by atoms with van der Waals surface area (Å²) in [6.45, 7) is 2.97. The van der Waals surface area contributed by atoms with Crippen LogP contribution in [0.3, 0.4) is 0 Å². The Labute approximate surface area is 131 Å². The Bertz CT molecular complexity index is 727. The second kappa shape index (κ2) is 5.72. The van der Waals surface area contributed by atoms with Gasteiger partial charge in [-0.25, -0.2) is 0 Å². The van der Waals surface area contributed by atoms with Gasteiger partial charge in [-0.2, -0.15) is 0 Å². The molecule has 0 aliphatic rings. The van der Waals surface area contributed by atoms with E-state index in [9.17, 15) is 0 Å². The molecule has 0 saturated carbocycles. The number of halogens is 1. The van der Waals surface area contributed by atoms with E-state index in [2.05, 4.69) is 69.3 Å². The fraction of sp³-hybridized carbons (Fsp3) is 0.250. The van der Waals surface area contributed by atoms with Crippen LogP contribution in [0.15, 0.2) is 46.4 Å².